The van der Waals surface area contributed by atoms with Gasteiger partial charge in [-0.3, -0.25) is 4.79 Å². The smallest absolute Gasteiger partial charge is 0.339 e. The number of fused-ring (bicyclic) bond motifs is 1. The Morgan fingerprint density at radius 2 is 1.79 bits per heavy atom. The minimum Gasteiger partial charge on any atom is -0.507 e. The van der Waals surface area contributed by atoms with E-state index in [1.54, 1.807) is 24.3 Å². The summed E-state index contributed by atoms with van der Waals surface area (Å²) in [7, 11) is 0. The van der Waals surface area contributed by atoms with Crippen LogP contribution in [0, 0.1) is 0 Å². The van der Waals surface area contributed by atoms with Crippen LogP contribution in [0.1, 0.15) is 45.1 Å². The average Bonchev–Trinajstić information content (AvgIpc) is 3.07. The van der Waals surface area contributed by atoms with E-state index in [1.807, 2.05) is 4.57 Å². The predicted molar refractivity (Wildman–Crippen MR) is 109 cm³/mol. The number of nitrogens with zero attached hydrogens (tertiary/aromatic N) is 2. The molecule has 0 amide bonds. The molecule has 0 unspecified atom stereocenters. The van der Waals surface area contributed by atoms with Crippen LogP contribution < -0.4 is 0 Å². The molecule has 0 saturated carbocycles. The fourth-order valence-corrected chi connectivity index (χ4v) is 4.20. The van der Waals surface area contributed by atoms with Gasteiger partial charge in [0.15, 0.2) is 5.82 Å². The van der Waals surface area contributed by atoms with Gasteiger partial charge in [-0.1, -0.05) is 35.3 Å². The summed E-state index contributed by atoms with van der Waals surface area (Å²) < 4.78 is 1.86. The number of aromatic carboxylic acids is 1. The normalized spacial score (nSPS) is 13.2. The topological polar surface area (TPSA) is 92.4 Å². The molecule has 8 heteroatoms. The van der Waals surface area contributed by atoms with E-state index < -0.39 is 5.97 Å². The van der Waals surface area contributed by atoms with Gasteiger partial charge in [-0.15, -0.1) is 0 Å². The number of ketones is 1. The second-order valence-corrected chi connectivity index (χ2v) is 7.62. The predicted octanol–water partition coefficient (Wildman–Crippen LogP) is 4.83. The lowest BCUT2D eigenvalue weighted by Crippen LogP contribution is -2.17. The van der Waals surface area contributed by atoms with Crippen LogP contribution in [0.2, 0.25) is 10.0 Å². The monoisotopic (exact) mass is 430 g/mol. The number of halogens is 2. The molecule has 0 aliphatic carbocycles. The van der Waals surface area contributed by atoms with Crippen LogP contribution in [0.4, 0.5) is 0 Å². The van der Waals surface area contributed by atoms with Crippen LogP contribution in [0.15, 0.2) is 36.4 Å². The standard InChI is InChI=1S/C21H16Cl2N2O4/c22-13-4-3-5-14(23)17(13)19(27)20-24-18(15-6-1-2-9-25(15)20)11-7-8-12(21(28)29)16(26)10-11/h3-5,7-8,10,26H,1-2,6,9H2,(H,28,29). The number of rotatable bonds is 4. The number of imidazole rings is 1. The third-order valence-corrected chi connectivity index (χ3v) is 5.64. The highest BCUT2D eigenvalue weighted by atomic mass is 35.5. The molecule has 29 heavy (non-hydrogen) atoms. The fraction of sp³-hybridized carbons (Fsp3) is 0.190. The zero-order valence-electron chi connectivity index (χ0n) is 15.2. The van der Waals surface area contributed by atoms with Crippen molar-refractivity contribution in [2.75, 3.05) is 0 Å². The Kier molecular flexibility index (Phi) is 5.06. The Balaban J connectivity index is 1.86. The Morgan fingerprint density at radius 3 is 2.45 bits per heavy atom. The molecule has 1 aromatic heterocycles. The van der Waals surface area contributed by atoms with Gasteiger partial charge in [0.25, 0.3) is 0 Å². The molecule has 148 valence electrons. The molecule has 2 heterocycles. The number of carboxylic acids is 1. The van der Waals surface area contributed by atoms with Crippen molar-refractivity contribution in [1.82, 2.24) is 9.55 Å². The zero-order valence-corrected chi connectivity index (χ0v) is 16.7. The van der Waals surface area contributed by atoms with Gasteiger partial charge in [-0.25, -0.2) is 9.78 Å². The summed E-state index contributed by atoms with van der Waals surface area (Å²) in [6.45, 7) is 0.630. The summed E-state index contributed by atoms with van der Waals surface area (Å²) in [4.78, 5) is 29.0. The van der Waals surface area contributed by atoms with Crippen molar-refractivity contribution in [2.45, 2.75) is 25.8 Å². The fourth-order valence-electron chi connectivity index (χ4n) is 3.63. The van der Waals surface area contributed by atoms with E-state index >= 15 is 0 Å². The van der Waals surface area contributed by atoms with Crippen LogP contribution in [0.25, 0.3) is 11.3 Å². The van der Waals surface area contributed by atoms with E-state index in [0.717, 1.165) is 18.5 Å². The minimum atomic E-state index is -1.22. The van der Waals surface area contributed by atoms with E-state index in [9.17, 15) is 14.7 Å². The molecule has 0 atom stereocenters. The highest BCUT2D eigenvalue weighted by molar-refractivity contribution is 6.40. The number of carbonyl (C=O) groups excluding carboxylic acids is 1. The largest absolute Gasteiger partial charge is 0.507 e. The molecule has 0 fully saturated rings. The number of phenols is 1. The van der Waals surface area contributed by atoms with Crippen molar-refractivity contribution in [3.05, 3.63) is 69.1 Å². The summed E-state index contributed by atoms with van der Waals surface area (Å²) >= 11 is 12.4. The van der Waals surface area contributed by atoms with Gasteiger partial charge in [0.2, 0.25) is 5.78 Å². The first-order valence-corrected chi connectivity index (χ1v) is 9.79. The average molecular weight is 431 g/mol. The Labute approximate surface area is 176 Å². The lowest BCUT2D eigenvalue weighted by Gasteiger charge is -2.17. The number of carbonyl (C=O) groups is 2. The summed E-state index contributed by atoms with van der Waals surface area (Å²) in [5.41, 5.74) is 1.96. The first-order chi connectivity index (χ1) is 13.9. The maximum Gasteiger partial charge on any atom is 0.339 e. The number of aromatic hydroxyl groups is 1. The number of hydrogen-bond acceptors (Lipinski definition) is 4. The van der Waals surface area contributed by atoms with Crippen molar-refractivity contribution in [2.24, 2.45) is 0 Å². The molecule has 3 aromatic rings. The van der Waals surface area contributed by atoms with E-state index in [0.29, 0.717) is 24.2 Å². The quantitative estimate of drug-likeness (QED) is 0.578. The molecule has 1 aliphatic heterocycles. The van der Waals surface area contributed by atoms with Crippen molar-refractivity contribution >= 4 is 35.0 Å². The van der Waals surface area contributed by atoms with Gasteiger partial charge >= 0.3 is 5.97 Å². The van der Waals surface area contributed by atoms with E-state index in [4.69, 9.17) is 28.3 Å². The maximum absolute atomic E-state index is 13.2. The van der Waals surface area contributed by atoms with Crippen LogP contribution in [-0.2, 0) is 13.0 Å². The van der Waals surface area contributed by atoms with Gasteiger partial charge in [0.1, 0.15) is 11.3 Å². The van der Waals surface area contributed by atoms with Gasteiger partial charge in [0.05, 0.1) is 21.3 Å². The van der Waals surface area contributed by atoms with Gasteiger partial charge in [-0.2, -0.15) is 0 Å². The Morgan fingerprint density at radius 1 is 1.07 bits per heavy atom. The SMILES string of the molecule is O=C(O)c1ccc(-c2nc(C(=O)c3c(Cl)cccc3Cl)n3c2CCCC3)cc1O. The first-order valence-electron chi connectivity index (χ1n) is 9.03. The first kappa shape index (κ1) is 19.5. The van der Waals surface area contributed by atoms with Gasteiger partial charge < -0.3 is 14.8 Å². The molecular weight excluding hydrogens is 415 g/mol. The molecule has 2 aromatic carbocycles. The van der Waals surface area contributed by atoms with Crippen molar-refractivity contribution in [3.63, 3.8) is 0 Å². The molecule has 6 nitrogen and oxygen atoms in total. The molecular formula is C21H16Cl2N2O4. The minimum absolute atomic E-state index is 0.194. The molecule has 4 rings (SSSR count). The second kappa shape index (κ2) is 7.54. The summed E-state index contributed by atoms with van der Waals surface area (Å²) in [6, 6.07) is 9.14. The van der Waals surface area contributed by atoms with Crippen molar-refractivity contribution in [1.29, 1.82) is 0 Å². The van der Waals surface area contributed by atoms with Crippen molar-refractivity contribution < 1.29 is 19.8 Å². The van der Waals surface area contributed by atoms with E-state index in [2.05, 4.69) is 4.98 Å². The number of aromatic nitrogens is 2. The molecule has 0 saturated heterocycles. The lowest BCUT2D eigenvalue weighted by atomic mass is 10.0. The van der Waals surface area contributed by atoms with Crippen LogP contribution in [-0.4, -0.2) is 31.5 Å². The van der Waals surface area contributed by atoms with E-state index in [-0.39, 0.29) is 38.5 Å². The zero-order chi connectivity index (χ0) is 20.7. The number of carboxylic acid groups (broad SMARTS) is 1. The molecule has 0 bridgehead atoms. The lowest BCUT2D eigenvalue weighted by molar-refractivity contribution is 0.0693. The highest BCUT2D eigenvalue weighted by Crippen LogP contribution is 2.34. The highest BCUT2D eigenvalue weighted by Gasteiger charge is 2.28. The Hall–Kier alpha value is -2.83. The molecule has 2 N–H and O–H groups in total. The van der Waals surface area contributed by atoms with Crippen LogP contribution >= 0.6 is 23.2 Å². The van der Waals surface area contributed by atoms with Gasteiger partial charge in [0, 0.05) is 17.8 Å². The Bertz CT molecular complexity index is 1130. The summed E-state index contributed by atoms with van der Waals surface area (Å²) in [6.07, 6.45) is 2.56. The molecule has 1 aliphatic rings. The summed E-state index contributed by atoms with van der Waals surface area (Å²) in [5.74, 6) is -1.72. The van der Waals surface area contributed by atoms with Crippen LogP contribution in [0.3, 0.4) is 0 Å². The number of hydrogen-bond donors (Lipinski definition) is 2. The third kappa shape index (κ3) is 3.39. The van der Waals surface area contributed by atoms with Crippen LogP contribution in [0.5, 0.6) is 5.75 Å². The van der Waals surface area contributed by atoms with Gasteiger partial charge in [-0.05, 0) is 43.5 Å². The third-order valence-electron chi connectivity index (χ3n) is 5.01. The van der Waals surface area contributed by atoms with Crippen molar-refractivity contribution in [3.8, 4) is 17.0 Å². The summed E-state index contributed by atoms with van der Waals surface area (Å²) in [5, 5.41) is 19.7. The maximum atomic E-state index is 13.2. The second-order valence-electron chi connectivity index (χ2n) is 6.80. The molecule has 0 spiro atoms. The number of benzene rings is 2. The van der Waals surface area contributed by atoms with E-state index in [1.165, 1.54) is 12.1 Å². The molecule has 0 radical (unpaired) electrons.